The fourth-order valence-electron chi connectivity index (χ4n) is 2.82. The summed E-state index contributed by atoms with van der Waals surface area (Å²) in [6, 6.07) is 7.89. The van der Waals surface area contributed by atoms with Gasteiger partial charge in [-0.2, -0.15) is 0 Å². The second-order valence-corrected chi connectivity index (χ2v) is 8.78. The average Bonchev–Trinajstić information content (AvgIpc) is 3.05. The third-order valence-electron chi connectivity index (χ3n) is 4.22. The molecule has 0 bridgehead atoms. The summed E-state index contributed by atoms with van der Waals surface area (Å²) in [6.07, 6.45) is 6.00. The molecule has 4 heteroatoms. The van der Waals surface area contributed by atoms with Crippen molar-refractivity contribution in [2.45, 2.75) is 63.9 Å². The lowest BCUT2D eigenvalue weighted by atomic mass is 9.90. The summed E-state index contributed by atoms with van der Waals surface area (Å²) >= 11 is 1.73. The number of carbonyl (C=O) groups excluding carboxylic acids is 1. The number of hydrogen-bond donors (Lipinski definition) is 1. The third kappa shape index (κ3) is 6.86. The Hall–Kier alpha value is -1.00. The van der Waals surface area contributed by atoms with Crippen molar-refractivity contribution in [2.24, 2.45) is 5.41 Å². The predicted octanol–water partition coefficient (Wildman–Crippen LogP) is 4.90. The highest BCUT2D eigenvalue weighted by Crippen LogP contribution is 2.27. The van der Waals surface area contributed by atoms with Crippen LogP contribution in [0.1, 0.15) is 63.2 Å². The predicted molar refractivity (Wildman–Crippen MR) is 102 cm³/mol. The van der Waals surface area contributed by atoms with Gasteiger partial charge in [-0.3, -0.25) is 4.79 Å². The maximum atomic E-state index is 12.5. The maximum absolute atomic E-state index is 12.5. The Morgan fingerprint density at radius 1 is 1.29 bits per heavy atom. The zero-order chi connectivity index (χ0) is 17.4. The fourth-order valence-corrected chi connectivity index (χ4v) is 3.94. The van der Waals surface area contributed by atoms with E-state index in [4.69, 9.17) is 4.74 Å². The molecule has 1 fully saturated rings. The van der Waals surface area contributed by atoms with Gasteiger partial charge in [0.1, 0.15) is 0 Å². The quantitative estimate of drug-likeness (QED) is 0.535. The molecule has 0 saturated carbocycles. The minimum Gasteiger partial charge on any atom is -0.377 e. The van der Waals surface area contributed by atoms with Crippen molar-refractivity contribution in [1.82, 2.24) is 5.32 Å². The highest BCUT2D eigenvalue weighted by molar-refractivity contribution is 7.99. The van der Waals surface area contributed by atoms with Crippen LogP contribution in [-0.4, -0.2) is 30.9 Å². The van der Waals surface area contributed by atoms with Crippen molar-refractivity contribution < 1.29 is 9.53 Å². The fraction of sp³-hybridized carbons (Fsp3) is 0.650. The number of nitrogens with one attached hydrogen (secondary N) is 1. The summed E-state index contributed by atoms with van der Waals surface area (Å²) < 4.78 is 5.67. The van der Waals surface area contributed by atoms with E-state index in [2.05, 4.69) is 26.1 Å². The molecule has 1 aromatic carbocycles. The first-order valence-electron chi connectivity index (χ1n) is 9.07. The Morgan fingerprint density at radius 2 is 2.08 bits per heavy atom. The van der Waals surface area contributed by atoms with E-state index in [0.29, 0.717) is 11.5 Å². The lowest BCUT2D eigenvalue weighted by molar-refractivity contribution is 0.0949. The van der Waals surface area contributed by atoms with Crippen LogP contribution >= 0.6 is 11.8 Å². The highest BCUT2D eigenvalue weighted by Gasteiger charge is 2.17. The van der Waals surface area contributed by atoms with Gasteiger partial charge >= 0.3 is 0 Å². The molecular formula is C20H31NO2S. The van der Waals surface area contributed by atoms with E-state index in [1.165, 1.54) is 6.42 Å². The summed E-state index contributed by atoms with van der Waals surface area (Å²) in [5.74, 6) is 0.969. The number of ether oxygens (including phenoxy) is 1. The van der Waals surface area contributed by atoms with Gasteiger partial charge in [-0.1, -0.05) is 39.3 Å². The summed E-state index contributed by atoms with van der Waals surface area (Å²) in [5, 5.41) is 3.07. The van der Waals surface area contributed by atoms with Crippen LogP contribution in [0.3, 0.4) is 0 Å². The van der Waals surface area contributed by atoms with Crippen molar-refractivity contribution in [3.63, 3.8) is 0 Å². The van der Waals surface area contributed by atoms with Crippen molar-refractivity contribution in [3.05, 3.63) is 29.8 Å². The second-order valence-electron chi connectivity index (χ2n) is 7.72. The SMILES string of the molecule is CC(C)(C)CCCCNC(=O)c1ccccc1SCC1CCCO1. The first-order valence-corrected chi connectivity index (χ1v) is 10.1. The Bertz CT molecular complexity index is 519. The number of benzene rings is 1. The molecule has 1 unspecified atom stereocenters. The van der Waals surface area contributed by atoms with Gasteiger partial charge in [-0.05, 0) is 43.2 Å². The summed E-state index contributed by atoms with van der Waals surface area (Å²) in [4.78, 5) is 13.5. The molecule has 134 valence electrons. The molecule has 1 N–H and O–H groups in total. The van der Waals surface area contributed by atoms with E-state index in [9.17, 15) is 4.79 Å². The number of amides is 1. The molecule has 1 aromatic rings. The van der Waals surface area contributed by atoms with Crippen LogP contribution in [0.5, 0.6) is 0 Å². The molecule has 3 nitrogen and oxygen atoms in total. The summed E-state index contributed by atoms with van der Waals surface area (Å²) in [5.41, 5.74) is 1.16. The molecule has 1 amide bonds. The zero-order valence-electron chi connectivity index (χ0n) is 15.3. The lowest BCUT2D eigenvalue weighted by Gasteiger charge is -2.17. The third-order valence-corrected chi connectivity index (χ3v) is 5.42. The van der Waals surface area contributed by atoms with Crippen LogP contribution in [-0.2, 0) is 4.74 Å². The minimum atomic E-state index is 0.0428. The second kappa shape index (κ2) is 9.47. The summed E-state index contributed by atoms with van der Waals surface area (Å²) in [7, 11) is 0. The first-order chi connectivity index (χ1) is 11.5. The van der Waals surface area contributed by atoms with E-state index in [0.717, 1.165) is 55.0 Å². The number of thioether (sulfide) groups is 1. The zero-order valence-corrected chi connectivity index (χ0v) is 16.1. The minimum absolute atomic E-state index is 0.0428. The Labute approximate surface area is 150 Å². The van der Waals surface area contributed by atoms with Crippen LogP contribution in [0.4, 0.5) is 0 Å². The largest absolute Gasteiger partial charge is 0.377 e. The Balaban J connectivity index is 1.78. The van der Waals surface area contributed by atoms with Crippen molar-refractivity contribution in [3.8, 4) is 0 Å². The molecule has 1 aliphatic rings. The van der Waals surface area contributed by atoms with Crippen LogP contribution in [0.25, 0.3) is 0 Å². The molecule has 1 saturated heterocycles. The van der Waals surface area contributed by atoms with Crippen LogP contribution in [0.15, 0.2) is 29.2 Å². The van der Waals surface area contributed by atoms with Crippen LogP contribution in [0, 0.1) is 5.41 Å². The molecule has 24 heavy (non-hydrogen) atoms. The van der Waals surface area contributed by atoms with Gasteiger partial charge in [0, 0.05) is 23.8 Å². The van der Waals surface area contributed by atoms with E-state index < -0.39 is 0 Å². The van der Waals surface area contributed by atoms with Gasteiger partial charge in [-0.15, -0.1) is 11.8 Å². The number of unbranched alkanes of at least 4 members (excludes halogenated alkanes) is 1. The highest BCUT2D eigenvalue weighted by atomic mass is 32.2. The van der Waals surface area contributed by atoms with Crippen LogP contribution in [0.2, 0.25) is 0 Å². The average molecular weight is 350 g/mol. The van der Waals surface area contributed by atoms with Gasteiger partial charge in [0.2, 0.25) is 0 Å². The summed E-state index contributed by atoms with van der Waals surface area (Å²) in [6.45, 7) is 8.40. The standard InChI is InChI=1S/C20H31NO2S/c1-20(2,3)12-6-7-13-21-19(22)17-10-4-5-11-18(17)24-15-16-9-8-14-23-16/h4-5,10-11,16H,6-9,12-15H2,1-3H3,(H,21,22). The molecule has 0 aromatic heterocycles. The smallest absolute Gasteiger partial charge is 0.252 e. The maximum Gasteiger partial charge on any atom is 0.252 e. The van der Waals surface area contributed by atoms with E-state index in [-0.39, 0.29) is 5.91 Å². The van der Waals surface area contributed by atoms with Crippen molar-refractivity contribution >= 4 is 17.7 Å². The molecule has 1 heterocycles. The van der Waals surface area contributed by atoms with E-state index in [1.807, 2.05) is 24.3 Å². The number of carbonyl (C=O) groups is 1. The molecule has 1 atom stereocenters. The monoisotopic (exact) mass is 349 g/mol. The molecule has 0 radical (unpaired) electrons. The van der Waals surface area contributed by atoms with E-state index >= 15 is 0 Å². The lowest BCUT2D eigenvalue weighted by Crippen LogP contribution is -2.25. The topological polar surface area (TPSA) is 38.3 Å². The molecule has 0 aliphatic carbocycles. The van der Waals surface area contributed by atoms with Gasteiger partial charge in [0.25, 0.3) is 5.91 Å². The molecular weight excluding hydrogens is 318 g/mol. The number of rotatable bonds is 8. The van der Waals surface area contributed by atoms with Crippen molar-refractivity contribution in [1.29, 1.82) is 0 Å². The van der Waals surface area contributed by atoms with Gasteiger partial charge in [0.15, 0.2) is 0 Å². The molecule has 0 spiro atoms. The normalized spacial score (nSPS) is 17.9. The Morgan fingerprint density at radius 3 is 2.79 bits per heavy atom. The molecule has 2 rings (SSSR count). The van der Waals surface area contributed by atoms with Gasteiger partial charge in [0.05, 0.1) is 11.7 Å². The van der Waals surface area contributed by atoms with E-state index in [1.54, 1.807) is 11.8 Å². The van der Waals surface area contributed by atoms with Crippen molar-refractivity contribution in [2.75, 3.05) is 18.9 Å². The van der Waals surface area contributed by atoms with Gasteiger partial charge in [-0.25, -0.2) is 0 Å². The number of hydrogen-bond acceptors (Lipinski definition) is 3. The molecule has 1 aliphatic heterocycles. The first kappa shape index (κ1) is 19.3. The van der Waals surface area contributed by atoms with Gasteiger partial charge < -0.3 is 10.1 Å². The van der Waals surface area contributed by atoms with Crippen LogP contribution < -0.4 is 5.32 Å². The Kier molecular flexibility index (Phi) is 7.63.